The number of aromatic nitrogens is 1. The Morgan fingerprint density at radius 3 is 3.00 bits per heavy atom. The third kappa shape index (κ3) is 2.75. The SMILES string of the molecule is Cc1cc(N[C@H]2CCCN(C)C2)nc2ccc(F)cc12. The Labute approximate surface area is 118 Å². The van der Waals surface area contributed by atoms with Crippen molar-refractivity contribution in [2.45, 2.75) is 25.8 Å². The zero-order valence-corrected chi connectivity index (χ0v) is 12.0. The fourth-order valence-electron chi connectivity index (χ4n) is 2.93. The van der Waals surface area contributed by atoms with Crippen molar-refractivity contribution < 1.29 is 4.39 Å². The van der Waals surface area contributed by atoms with Crippen LogP contribution in [-0.2, 0) is 0 Å². The van der Waals surface area contributed by atoms with Gasteiger partial charge in [-0.2, -0.15) is 0 Å². The normalized spacial score (nSPS) is 20.2. The quantitative estimate of drug-likeness (QED) is 0.911. The lowest BCUT2D eigenvalue weighted by Gasteiger charge is -2.30. The lowest BCUT2D eigenvalue weighted by Crippen LogP contribution is -2.39. The molecule has 0 radical (unpaired) electrons. The van der Waals surface area contributed by atoms with E-state index in [1.165, 1.54) is 25.5 Å². The second-order valence-electron chi connectivity index (χ2n) is 5.73. The highest BCUT2D eigenvalue weighted by atomic mass is 19.1. The average molecular weight is 273 g/mol. The van der Waals surface area contributed by atoms with Gasteiger partial charge >= 0.3 is 0 Å². The van der Waals surface area contributed by atoms with Gasteiger partial charge in [0.1, 0.15) is 11.6 Å². The van der Waals surface area contributed by atoms with Crippen LogP contribution in [0.2, 0.25) is 0 Å². The third-order valence-electron chi connectivity index (χ3n) is 3.95. The maximum Gasteiger partial charge on any atom is 0.127 e. The molecule has 1 aromatic heterocycles. The molecule has 3 rings (SSSR count). The highest BCUT2D eigenvalue weighted by Crippen LogP contribution is 2.22. The molecule has 1 aliphatic rings. The molecule has 106 valence electrons. The van der Waals surface area contributed by atoms with Crippen LogP contribution in [-0.4, -0.2) is 36.1 Å². The van der Waals surface area contributed by atoms with Crippen molar-refractivity contribution in [1.29, 1.82) is 0 Å². The van der Waals surface area contributed by atoms with E-state index in [0.717, 1.165) is 28.8 Å². The maximum atomic E-state index is 13.3. The van der Waals surface area contributed by atoms with Gasteiger partial charge in [-0.1, -0.05) is 0 Å². The van der Waals surface area contributed by atoms with Crippen molar-refractivity contribution in [2.24, 2.45) is 0 Å². The summed E-state index contributed by atoms with van der Waals surface area (Å²) >= 11 is 0. The molecule has 0 unspecified atom stereocenters. The Morgan fingerprint density at radius 2 is 2.20 bits per heavy atom. The summed E-state index contributed by atoms with van der Waals surface area (Å²) in [6.45, 7) is 4.21. The molecule has 20 heavy (non-hydrogen) atoms. The van der Waals surface area contributed by atoms with Crippen molar-refractivity contribution in [2.75, 3.05) is 25.5 Å². The number of pyridine rings is 1. The van der Waals surface area contributed by atoms with E-state index < -0.39 is 0 Å². The molecule has 0 amide bonds. The van der Waals surface area contributed by atoms with Crippen LogP contribution in [0.3, 0.4) is 0 Å². The second kappa shape index (κ2) is 5.37. The van der Waals surface area contributed by atoms with Crippen LogP contribution in [0.1, 0.15) is 18.4 Å². The van der Waals surface area contributed by atoms with Gasteiger partial charge in [-0.3, -0.25) is 0 Å². The maximum absolute atomic E-state index is 13.3. The number of benzene rings is 1. The molecule has 1 N–H and O–H groups in total. The number of hydrogen-bond acceptors (Lipinski definition) is 3. The Kier molecular flexibility index (Phi) is 3.57. The van der Waals surface area contributed by atoms with Crippen molar-refractivity contribution in [3.05, 3.63) is 35.6 Å². The van der Waals surface area contributed by atoms with Crippen LogP contribution in [0, 0.1) is 12.7 Å². The molecule has 1 aromatic carbocycles. The number of anilines is 1. The summed E-state index contributed by atoms with van der Waals surface area (Å²) in [5.41, 5.74) is 1.90. The first kappa shape index (κ1) is 13.3. The van der Waals surface area contributed by atoms with E-state index >= 15 is 0 Å². The molecule has 0 aliphatic carbocycles. The summed E-state index contributed by atoms with van der Waals surface area (Å²) in [5.74, 6) is 0.680. The largest absolute Gasteiger partial charge is 0.366 e. The molecule has 1 aliphatic heterocycles. The summed E-state index contributed by atoms with van der Waals surface area (Å²) in [6, 6.07) is 7.22. The predicted octanol–water partition coefficient (Wildman–Crippen LogP) is 3.19. The van der Waals surface area contributed by atoms with Gasteiger partial charge in [0.2, 0.25) is 0 Å². The number of likely N-dealkylation sites (N-methyl/N-ethyl adjacent to an activating group) is 1. The number of nitrogens with one attached hydrogen (secondary N) is 1. The Hall–Kier alpha value is -1.68. The number of piperidine rings is 1. The predicted molar refractivity (Wildman–Crippen MR) is 80.6 cm³/mol. The standard InChI is InChI=1S/C16H20FN3/c1-11-8-16(18-13-4-3-7-20(2)10-13)19-15-6-5-12(17)9-14(11)15/h5-6,8-9,13H,3-4,7,10H2,1-2H3,(H,18,19)/t13-/m0/s1. The topological polar surface area (TPSA) is 28.2 Å². The molecule has 0 saturated carbocycles. The molecule has 0 spiro atoms. The van der Waals surface area contributed by atoms with Gasteiger partial charge in [-0.25, -0.2) is 9.37 Å². The number of likely N-dealkylation sites (tertiary alicyclic amines) is 1. The van der Waals surface area contributed by atoms with Crippen molar-refractivity contribution in [1.82, 2.24) is 9.88 Å². The smallest absolute Gasteiger partial charge is 0.127 e. The molecule has 1 atom stereocenters. The van der Waals surface area contributed by atoms with Crippen LogP contribution in [0.5, 0.6) is 0 Å². The number of aryl methyl sites for hydroxylation is 1. The minimum atomic E-state index is -0.211. The van der Waals surface area contributed by atoms with Crippen LogP contribution >= 0.6 is 0 Å². The fraction of sp³-hybridized carbons (Fsp3) is 0.438. The molecule has 4 heteroatoms. The van der Waals surface area contributed by atoms with Gasteiger partial charge in [0.15, 0.2) is 0 Å². The Bertz CT molecular complexity index is 626. The number of halogens is 1. The first-order valence-electron chi connectivity index (χ1n) is 7.14. The molecule has 0 bridgehead atoms. The molecule has 1 fully saturated rings. The lowest BCUT2D eigenvalue weighted by molar-refractivity contribution is 0.261. The minimum Gasteiger partial charge on any atom is -0.366 e. The number of rotatable bonds is 2. The molecule has 1 saturated heterocycles. The summed E-state index contributed by atoms with van der Waals surface area (Å²) in [6.07, 6.45) is 2.39. The molecular weight excluding hydrogens is 253 g/mol. The Balaban J connectivity index is 1.87. The Morgan fingerprint density at radius 1 is 1.35 bits per heavy atom. The first-order chi connectivity index (χ1) is 9.61. The van der Waals surface area contributed by atoms with Gasteiger partial charge < -0.3 is 10.2 Å². The number of hydrogen-bond donors (Lipinski definition) is 1. The number of fused-ring (bicyclic) bond motifs is 1. The van der Waals surface area contributed by atoms with Crippen LogP contribution in [0.25, 0.3) is 10.9 Å². The highest BCUT2D eigenvalue weighted by Gasteiger charge is 2.17. The van der Waals surface area contributed by atoms with Crippen molar-refractivity contribution in [3.63, 3.8) is 0 Å². The molecular formula is C16H20FN3. The number of nitrogens with zero attached hydrogens (tertiary/aromatic N) is 2. The van der Waals surface area contributed by atoms with E-state index in [0.29, 0.717) is 6.04 Å². The highest BCUT2D eigenvalue weighted by molar-refractivity contribution is 5.83. The third-order valence-corrected chi connectivity index (χ3v) is 3.95. The zero-order valence-electron chi connectivity index (χ0n) is 12.0. The summed E-state index contributed by atoms with van der Waals surface area (Å²) in [5, 5.41) is 4.40. The van der Waals surface area contributed by atoms with Crippen LogP contribution in [0.15, 0.2) is 24.3 Å². The van der Waals surface area contributed by atoms with Gasteiger partial charge in [0.05, 0.1) is 5.52 Å². The van der Waals surface area contributed by atoms with E-state index in [1.807, 2.05) is 13.0 Å². The average Bonchev–Trinajstić information content (AvgIpc) is 2.40. The van der Waals surface area contributed by atoms with Crippen molar-refractivity contribution >= 4 is 16.7 Å². The van der Waals surface area contributed by atoms with E-state index in [1.54, 1.807) is 12.1 Å². The van der Waals surface area contributed by atoms with Gasteiger partial charge in [-0.15, -0.1) is 0 Å². The van der Waals surface area contributed by atoms with Gasteiger partial charge in [0.25, 0.3) is 0 Å². The van der Waals surface area contributed by atoms with Gasteiger partial charge in [-0.05, 0) is 63.2 Å². The molecule has 2 heterocycles. The van der Waals surface area contributed by atoms with Crippen LogP contribution < -0.4 is 5.32 Å². The molecule has 2 aromatic rings. The van der Waals surface area contributed by atoms with Crippen molar-refractivity contribution in [3.8, 4) is 0 Å². The molecule has 3 nitrogen and oxygen atoms in total. The lowest BCUT2D eigenvalue weighted by atomic mass is 10.1. The van der Waals surface area contributed by atoms with E-state index in [9.17, 15) is 4.39 Å². The van der Waals surface area contributed by atoms with Gasteiger partial charge in [0, 0.05) is 18.0 Å². The van der Waals surface area contributed by atoms with Crippen LogP contribution in [0.4, 0.5) is 10.2 Å². The first-order valence-corrected chi connectivity index (χ1v) is 7.14. The summed E-state index contributed by atoms with van der Waals surface area (Å²) in [7, 11) is 2.15. The minimum absolute atomic E-state index is 0.211. The van der Waals surface area contributed by atoms with E-state index in [-0.39, 0.29) is 5.82 Å². The summed E-state index contributed by atoms with van der Waals surface area (Å²) in [4.78, 5) is 6.94. The zero-order chi connectivity index (χ0) is 14.1. The van der Waals surface area contributed by atoms with E-state index in [4.69, 9.17) is 0 Å². The fourth-order valence-corrected chi connectivity index (χ4v) is 2.93. The van der Waals surface area contributed by atoms with E-state index in [2.05, 4.69) is 22.2 Å². The summed E-state index contributed by atoms with van der Waals surface area (Å²) < 4.78 is 13.3. The second-order valence-corrected chi connectivity index (χ2v) is 5.73. The monoisotopic (exact) mass is 273 g/mol.